The van der Waals surface area contributed by atoms with Crippen molar-refractivity contribution in [2.45, 2.75) is 24.4 Å². The first-order valence-corrected chi connectivity index (χ1v) is 4.19. The van der Waals surface area contributed by atoms with Gasteiger partial charge in [-0.1, -0.05) is 0 Å². The molecule has 0 aromatic carbocycles. The number of rotatable bonds is 7. The van der Waals surface area contributed by atoms with Gasteiger partial charge in [0.05, 0.1) is 12.8 Å². The van der Waals surface area contributed by atoms with Gasteiger partial charge in [0.2, 0.25) is 0 Å². The molecule has 4 N–H and O–H groups in total. The second-order valence-electron chi connectivity index (χ2n) is 3.20. The van der Waals surface area contributed by atoms with E-state index in [1.54, 1.807) is 0 Å². The minimum atomic E-state index is -2.67. The Labute approximate surface area is 91.0 Å². The lowest BCUT2D eigenvalue weighted by Crippen LogP contribution is -2.50. The van der Waals surface area contributed by atoms with E-state index in [1.807, 2.05) is 0 Å². The molecule has 8 heteroatoms. The molecule has 0 bridgehead atoms. The van der Waals surface area contributed by atoms with Crippen molar-refractivity contribution in [2.24, 2.45) is 0 Å². The number of carbonyl (C=O) groups is 2. The second kappa shape index (κ2) is 5.21. The zero-order valence-electron chi connectivity index (χ0n) is 8.84. The summed E-state index contributed by atoms with van der Waals surface area (Å²) in [5.41, 5.74) is -2.67. The first-order valence-electron chi connectivity index (χ1n) is 4.19. The summed E-state index contributed by atoms with van der Waals surface area (Å²) in [7, 11) is 2.04. The van der Waals surface area contributed by atoms with Crippen molar-refractivity contribution in [1.82, 2.24) is 0 Å². The first kappa shape index (κ1) is 14.8. The topological polar surface area (TPSA) is 134 Å². The van der Waals surface area contributed by atoms with E-state index in [9.17, 15) is 19.8 Å². The number of methoxy groups -OCH3 is 2. The van der Waals surface area contributed by atoms with Crippen LogP contribution in [-0.2, 0) is 19.1 Å². The maximum atomic E-state index is 10.7. The molecule has 0 saturated carbocycles. The van der Waals surface area contributed by atoms with Crippen LogP contribution in [0.2, 0.25) is 0 Å². The lowest BCUT2D eigenvalue weighted by atomic mass is 9.94. The molecule has 0 aromatic heterocycles. The molecule has 0 aliphatic carbocycles. The predicted octanol–water partition coefficient (Wildman–Crippen LogP) is -1.39. The zero-order valence-corrected chi connectivity index (χ0v) is 8.84. The quantitative estimate of drug-likeness (QED) is 0.398. The highest BCUT2D eigenvalue weighted by atomic mass is 16.8. The molecule has 0 aliphatic heterocycles. The van der Waals surface area contributed by atoms with Gasteiger partial charge in [0.1, 0.15) is 0 Å². The van der Waals surface area contributed by atoms with Crippen molar-refractivity contribution in [2.75, 3.05) is 14.2 Å². The maximum absolute atomic E-state index is 10.7. The van der Waals surface area contributed by atoms with E-state index in [0.29, 0.717) is 0 Å². The molecule has 0 aliphatic rings. The van der Waals surface area contributed by atoms with Gasteiger partial charge in [-0.15, -0.1) is 0 Å². The lowest BCUT2D eigenvalue weighted by Gasteiger charge is -2.31. The van der Waals surface area contributed by atoms with Crippen LogP contribution in [0.5, 0.6) is 0 Å². The highest BCUT2D eigenvalue weighted by Gasteiger charge is 2.47. The molecule has 94 valence electrons. The molecule has 0 saturated heterocycles. The van der Waals surface area contributed by atoms with Crippen molar-refractivity contribution >= 4 is 11.9 Å². The van der Waals surface area contributed by atoms with Crippen molar-refractivity contribution in [3.63, 3.8) is 0 Å². The zero-order chi connectivity index (χ0) is 13.0. The van der Waals surface area contributed by atoms with Crippen LogP contribution in [0.4, 0.5) is 0 Å². The van der Waals surface area contributed by atoms with Gasteiger partial charge < -0.3 is 29.9 Å². The summed E-state index contributed by atoms with van der Waals surface area (Å²) in [6.07, 6.45) is -2.02. The number of hydrogen-bond donors (Lipinski definition) is 4. The van der Waals surface area contributed by atoms with Crippen LogP contribution < -0.4 is 0 Å². The van der Waals surface area contributed by atoms with Crippen molar-refractivity contribution in [3.8, 4) is 0 Å². The average Bonchev–Trinajstić information content (AvgIpc) is 2.16. The van der Waals surface area contributed by atoms with Crippen LogP contribution in [0.15, 0.2) is 0 Å². The fourth-order valence-corrected chi connectivity index (χ4v) is 1.06. The van der Waals surface area contributed by atoms with Gasteiger partial charge in [-0.2, -0.15) is 0 Å². The minimum Gasteiger partial charge on any atom is -0.481 e. The van der Waals surface area contributed by atoms with E-state index >= 15 is 0 Å². The summed E-state index contributed by atoms with van der Waals surface area (Å²) in [6.45, 7) is 0. The smallest absolute Gasteiger partial charge is 0.336 e. The van der Waals surface area contributed by atoms with E-state index in [2.05, 4.69) is 9.47 Å². The SMILES string of the molecule is COC(O)(CC(O)(CC(=O)O)C(=O)O)OC. The standard InChI is InChI=1S/C8H14O8/c1-15-8(14,16-2)4-7(13,6(11)12)3-5(9)10/h13-14H,3-4H2,1-2H3,(H,9,10)(H,11,12). The van der Waals surface area contributed by atoms with Gasteiger partial charge in [-0.3, -0.25) is 4.79 Å². The fourth-order valence-electron chi connectivity index (χ4n) is 1.06. The van der Waals surface area contributed by atoms with Crippen molar-refractivity contribution in [3.05, 3.63) is 0 Å². The Bertz CT molecular complexity index is 271. The van der Waals surface area contributed by atoms with E-state index in [4.69, 9.17) is 10.2 Å². The van der Waals surface area contributed by atoms with Crippen LogP contribution in [-0.4, -0.2) is 58.2 Å². The molecule has 0 heterocycles. The number of aliphatic carboxylic acids is 2. The predicted molar refractivity (Wildman–Crippen MR) is 48.4 cm³/mol. The molecular formula is C8H14O8. The fraction of sp³-hybridized carbons (Fsp3) is 0.750. The number of aliphatic hydroxyl groups is 2. The molecule has 0 fully saturated rings. The van der Waals surface area contributed by atoms with Gasteiger partial charge >= 0.3 is 11.9 Å². The highest BCUT2D eigenvalue weighted by Crippen LogP contribution is 2.25. The molecule has 0 spiro atoms. The molecule has 0 rings (SSSR count). The van der Waals surface area contributed by atoms with Crippen LogP contribution in [0.25, 0.3) is 0 Å². The van der Waals surface area contributed by atoms with Crippen LogP contribution >= 0.6 is 0 Å². The molecular weight excluding hydrogens is 224 g/mol. The molecule has 16 heavy (non-hydrogen) atoms. The van der Waals surface area contributed by atoms with Crippen molar-refractivity contribution < 1.29 is 39.5 Å². The largest absolute Gasteiger partial charge is 0.481 e. The normalized spacial score (nSPS) is 15.5. The summed E-state index contributed by atoms with van der Waals surface area (Å²) < 4.78 is 8.86. The van der Waals surface area contributed by atoms with E-state index in [1.165, 1.54) is 0 Å². The summed E-state index contributed by atoms with van der Waals surface area (Å²) in [4.78, 5) is 21.1. The Morgan fingerprint density at radius 1 is 1.12 bits per heavy atom. The van der Waals surface area contributed by atoms with Gasteiger partial charge in [-0.25, -0.2) is 4.79 Å². The summed E-state index contributed by atoms with van der Waals surface area (Å²) >= 11 is 0. The van der Waals surface area contributed by atoms with Gasteiger partial charge in [0.15, 0.2) is 5.60 Å². The summed E-state index contributed by atoms with van der Waals surface area (Å²) in [6, 6.07) is 0. The molecule has 1 unspecified atom stereocenters. The molecule has 8 nitrogen and oxygen atoms in total. The number of ether oxygens (including phenoxy) is 2. The van der Waals surface area contributed by atoms with Crippen LogP contribution in [0, 0.1) is 0 Å². The number of carboxylic acids is 2. The monoisotopic (exact) mass is 238 g/mol. The highest BCUT2D eigenvalue weighted by molar-refractivity contribution is 5.83. The molecule has 1 atom stereocenters. The Balaban J connectivity index is 4.93. The Morgan fingerprint density at radius 2 is 1.56 bits per heavy atom. The van der Waals surface area contributed by atoms with Crippen molar-refractivity contribution in [1.29, 1.82) is 0 Å². The summed E-state index contributed by atoms with van der Waals surface area (Å²) in [5, 5.41) is 36.2. The Kier molecular flexibility index (Phi) is 4.81. The Morgan fingerprint density at radius 3 is 1.81 bits per heavy atom. The lowest BCUT2D eigenvalue weighted by molar-refractivity contribution is -0.355. The van der Waals surface area contributed by atoms with E-state index in [0.717, 1.165) is 14.2 Å². The second-order valence-corrected chi connectivity index (χ2v) is 3.20. The number of carboxylic acid groups (broad SMARTS) is 2. The van der Waals surface area contributed by atoms with Gasteiger partial charge in [0, 0.05) is 14.2 Å². The van der Waals surface area contributed by atoms with Gasteiger partial charge in [-0.05, 0) is 0 Å². The van der Waals surface area contributed by atoms with Crippen LogP contribution in [0.3, 0.4) is 0 Å². The minimum absolute atomic E-state index is 0.936. The maximum Gasteiger partial charge on any atom is 0.336 e. The average molecular weight is 238 g/mol. The number of hydrogen-bond acceptors (Lipinski definition) is 6. The molecule has 0 aromatic rings. The van der Waals surface area contributed by atoms with Crippen LogP contribution in [0.1, 0.15) is 12.8 Å². The third-order valence-corrected chi connectivity index (χ3v) is 2.00. The Hall–Kier alpha value is -1.22. The third kappa shape index (κ3) is 3.74. The molecule has 0 radical (unpaired) electrons. The summed E-state index contributed by atoms with van der Waals surface area (Å²) in [5.74, 6) is -5.68. The molecule has 0 amide bonds. The van der Waals surface area contributed by atoms with Gasteiger partial charge in [0.25, 0.3) is 5.97 Å². The van der Waals surface area contributed by atoms with E-state index < -0.39 is 36.4 Å². The van der Waals surface area contributed by atoms with E-state index in [-0.39, 0.29) is 0 Å². The third-order valence-electron chi connectivity index (χ3n) is 2.00. The first-order chi connectivity index (χ1) is 7.19.